The van der Waals surface area contributed by atoms with E-state index in [-0.39, 0.29) is 11.1 Å². The minimum Gasteiger partial charge on any atom is -0.271 e. The van der Waals surface area contributed by atoms with Crippen LogP contribution in [0.2, 0.25) is 5.02 Å². The van der Waals surface area contributed by atoms with E-state index in [1.165, 1.54) is 11.3 Å². The molecule has 2 aromatic rings. The SMILES string of the molecule is Cc1csc(CC(NN)c2ccc(Br)c(Cl)c2F)n1. The van der Waals surface area contributed by atoms with Crippen LogP contribution in [0.5, 0.6) is 0 Å². The molecule has 3 nitrogen and oxygen atoms in total. The zero-order chi connectivity index (χ0) is 14.0. The van der Waals surface area contributed by atoms with E-state index in [4.69, 9.17) is 17.4 Å². The van der Waals surface area contributed by atoms with Crippen LogP contribution in [0.3, 0.4) is 0 Å². The van der Waals surface area contributed by atoms with Gasteiger partial charge < -0.3 is 0 Å². The van der Waals surface area contributed by atoms with Gasteiger partial charge in [0, 0.05) is 27.5 Å². The third-order valence-corrected chi connectivity index (χ3v) is 4.93. The van der Waals surface area contributed by atoms with Crippen molar-refractivity contribution >= 4 is 38.9 Å². The van der Waals surface area contributed by atoms with E-state index < -0.39 is 5.82 Å². The molecule has 102 valence electrons. The number of hydrogen-bond acceptors (Lipinski definition) is 4. The first kappa shape index (κ1) is 14.9. The van der Waals surface area contributed by atoms with Gasteiger partial charge >= 0.3 is 0 Å². The molecule has 7 heteroatoms. The van der Waals surface area contributed by atoms with Crippen LogP contribution in [-0.2, 0) is 6.42 Å². The molecule has 0 aliphatic carbocycles. The molecule has 0 fully saturated rings. The number of nitrogens with zero attached hydrogens (tertiary/aromatic N) is 1. The number of aromatic nitrogens is 1. The third kappa shape index (κ3) is 3.32. The Bertz CT molecular complexity index is 590. The van der Waals surface area contributed by atoms with Crippen LogP contribution in [0.15, 0.2) is 22.0 Å². The first-order valence-electron chi connectivity index (χ1n) is 5.53. The fraction of sp³-hybridized carbons (Fsp3) is 0.250. The van der Waals surface area contributed by atoms with Crippen LogP contribution in [0.4, 0.5) is 4.39 Å². The Labute approximate surface area is 128 Å². The number of aryl methyl sites for hydroxylation is 1. The molecule has 1 heterocycles. The molecule has 1 aromatic carbocycles. The molecule has 0 aliphatic heterocycles. The molecule has 0 saturated heterocycles. The molecule has 0 spiro atoms. The standard InChI is InChI=1S/C12H12BrClFN3S/c1-6-5-19-10(17-6)4-9(18-16)7-2-3-8(13)11(14)12(7)15/h2-3,5,9,18H,4,16H2,1H3. The van der Waals surface area contributed by atoms with Gasteiger partial charge in [0.05, 0.1) is 16.1 Å². The van der Waals surface area contributed by atoms with Crippen molar-refractivity contribution in [3.8, 4) is 0 Å². The average Bonchev–Trinajstić information content (AvgIpc) is 2.80. The van der Waals surface area contributed by atoms with Gasteiger partial charge in [-0.1, -0.05) is 17.7 Å². The van der Waals surface area contributed by atoms with Gasteiger partial charge in [-0.2, -0.15) is 0 Å². The maximum Gasteiger partial charge on any atom is 0.147 e. The normalized spacial score (nSPS) is 12.7. The minimum atomic E-state index is -0.465. The molecule has 19 heavy (non-hydrogen) atoms. The van der Waals surface area contributed by atoms with Gasteiger partial charge in [0.25, 0.3) is 0 Å². The number of hydrazine groups is 1. The van der Waals surface area contributed by atoms with Crippen LogP contribution < -0.4 is 11.3 Å². The molecule has 2 rings (SSSR count). The maximum absolute atomic E-state index is 14.1. The number of halogens is 3. The Kier molecular flexibility index (Phi) is 4.92. The number of rotatable bonds is 4. The van der Waals surface area contributed by atoms with Gasteiger partial charge in [-0.25, -0.2) is 9.37 Å². The molecule has 0 amide bonds. The molecule has 0 radical (unpaired) electrons. The average molecular weight is 365 g/mol. The Balaban J connectivity index is 2.29. The Morgan fingerprint density at radius 1 is 1.58 bits per heavy atom. The molecular formula is C12H12BrClFN3S. The summed E-state index contributed by atoms with van der Waals surface area (Å²) < 4.78 is 14.7. The van der Waals surface area contributed by atoms with Gasteiger partial charge in [-0.3, -0.25) is 11.3 Å². The predicted molar refractivity (Wildman–Crippen MR) is 79.7 cm³/mol. The topological polar surface area (TPSA) is 50.9 Å². The molecule has 0 bridgehead atoms. The number of thiazole rings is 1. The summed E-state index contributed by atoms with van der Waals surface area (Å²) in [4.78, 5) is 4.35. The first-order chi connectivity index (χ1) is 9.02. The molecule has 0 saturated carbocycles. The lowest BCUT2D eigenvalue weighted by Crippen LogP contribution is -2.30. The zero-order valence-corrected chi connectivity index (χ0v) is 13.2. The molecule has 1 atom stereocenters. The van der Waals surface area contributed by atoms with Crippen LogP contribution in [0.1, 0.15) is 22.3 Å². The second-order valence-electron chi connectivity index (χ2n) is 4.07. The van der Waals surface area contributed by atoms with Crippen molar-refractivity contribution in [1.82, 2.24) is 10.4 Å². The summed E-state index contributed by atoms with van der Waals surface area (Å²) in [6.45, 7) is 1.92. The minimum absolute atomic E-state index is 0.0630. The van der Waals surface area contributed by atoms with Crippen molar-refractivity contribution in [2.45, 2.75) is 19.4 Å². The number of nitrogens with two attached hydrogens (primary N) is 1. The van der Waals surface area contributed by atoms with E-state index >= 15 is 0 Å². The summed E-state index contributed by atoms with van der Waals surface area (Å²) >= 11 is 10.6. The smallest absolute Gasteiger partial charge is 0.147 e. The van der Waals surface area contributed by atoms with E-state index in [1.54, 1.807) is 12.1 Å². The molecule has 1 aromatic heterocycles. The number of benzene rings is 1. The number of hydrogen-bond donors (Lipinski definition) is 2. The lowest BCUT2D eigenvalue weighted by Gasteiger charge is -2.16. The van der Waals surface area contributed by atoms with Crippen molar-refractivity contribution < 1.29 is 4.39 Å². The van der Waals surface area contributed by atoms with Crippen molar-refractivity contribution in [1.29, 1.82) is 0 Å². The van der Waals surface area contributed by atoms with Gasteiger partial charge in [0.1, 0.15) is 5.82 Å². The summed E-state index contributed by atoms with van der Waals surface area (Å²) in [6.07, 6.45) is 0.518. The van der Waals surface area contributed by atoms with E-state index in [9.17, 15) is 4.39 Å². The third-order valence-electron chi connectivity index (χ3n) is 2.69. The van der Waals surface area contributed by atoms with Crippen LogP contribution in [0.25, 0.3) is 0 Å². The highest BCUT2D eigenvalue weighted by molar-refractivity contribution is 9.10. The summed E-state index contributed by atoms with van der Waals surface area (Å²) in [6, 6.07) is 3.00. The van der Waals surface area contributed by atoms with Crippen LogP contribution in [-0.4, -0.2) is 4.98 Å². The fourth-order valence-electron chi connectivity index (χ4n) is 1.74. The highest BCUT2D eigenvalue weighted by atomic mass is 79.9. The molecule has 1 unspecified atom stereocenters. The van der Waals surface area contributed by atoms with Crippen LogP contribution in [0, 0.1) is 12.7 Å². The summed E-state index contributed by atoms with van der Waals surface area (Å²) in [5.41, 5.74) is 4.00. The largest absolute Gasteiger partial charge is 0.271 e. The fourth-order valence-corrected chi connectivity index (χ4v) is 3.04. The highest BCUT2D eigenvalue weighted by Gasteiger charge is 2.19. The first-order valence-corrected chi connectivity index (χ1v) is 7.58. The van der Waals surface area contributed by atoms with E-state index in [0.29, 0.717) is 16.5 Å². The quantitative estimate of drug-likeness (QED) is 0.493. The van der Waals surface area contributed by atoms with E-state index in [0.717, 1.165) is 10.7 Å². The van der Waals surface area contributed by atoms with Gasteiger partial charge in [-0.05, 0) is 28.9 Å². The van der Waals surface area contributed by atoms with Crippen molar-refractivity contribution in [2.24, 2.45) is 5.84 Å². The Morgan fingerprint density at radius 3 is 2.89 bits per heavy atom. The maximum atomic E-state index is 14.1. The van der Waals surface area contributed by atoms with Gasteiger partial charge in [-0.15, -0.1) is 11.3 Å². The lowest BCUT2D eigenvalue weighted by atomic mass is 10.0. The lowest BCUT2D eigenvalue weighted by molar-refractivity contribution is 0.509. The highest BCUT2D eigenvalue weighted by Crippen LogP contribution is 2.31. The van der Waals surface area contributed by atoms with E-state index in [1.807, 2.05) is 12.3 Å². The molecule has 3 N–H and O–H groups in total. The van der Waals surface area contributed by atoms with Gasteiger partial charge in [0.2, 0.25) is 0 Å². The molecular weight excluding hydrogens is 353 g/mol. The molecule has 0 aliphatic rings. The summed E-state index contributed by atoms with van der Waals surface area (Å²) in [7, 11) is 0. The number of nitrogens with one attached hydrogen (secondary N) is 1. The summed E-state index contributed by atoms with van der Waals surface area (Å²) in [5.74, 6) is 5.06. The second kappa shape index (κ2) is 6.28. The predicted octanol–water partition coefficient (Wildman–Crippen LogP) is 3.75. The zero-order valence-electron chi connectivity index (χ0n) is 10.1. The van der Waals surface area contributed by atoms with Crippen LogP contribution >= 0.6 is 38.9 Å². The second-order valence-corrected chi connectivity index (χ2v) is 6.25. The monoisotopic (exact) mass is 363 g/mol. The van der Waals surface area contributed by atoms with Crippen molar-refractivity contribution in [2.75, 3.05) is 0 Å². The summed E-state index contributed by atoms with van der Waals surface area (Å²) in [5, 5.41) is 2.92. The van der Waals surface area contributed by atoms with E-state index in [2.05, 4.69) is 26.3 Å². The van der Waals surface area contributed by atoms with Crippen molar-refractivity contribution in [3.63, 3.8) is 0 Å². The Hall–Kier alpha value is -0.530. The van der Waals surface area contributed by atoms with Gasteiger partial charge in [0.15, 0.2) is 0 Å². The van der Waals surface area contributed by atoms with Crippen molar-refractivity contribution in [3.05, 3.63) is 49.1 Å². The Morgan fingerprint density at radius 2 is 2.32 bits per heavy atom.